The zero-order valence-electron chi connectivity index (χ0n) is 4.50. The van der Waals surface area contributed by atoms with Crippen molar-refractivity contribution in [2.24, 2.45) is 0 Å². The van der Waals surface area contributed by atoms with Gasteiger partial charge in [-0.25, -0.2) is 4.20 Å². The van der Waals surface area contributed by atoms with Gasteiger partial charge in [-0.3, -0.25) is 0 Å². The van der Waals surface area contributed by atoms with E-state index in [1.54, 1.807) is 0 Å². The molecule has 0 saturated carbocycles. The van der Waals surface area contributed by atoms with E-state index >= 15 is 0 Å². The van der Waals surface area contributed by atoms with Crippen molar-refractivity contribution in [3.05, 3.63) is 0 Å². The van der Waals surface area contributed by atoms with Gasteiger partial charge in [0.25, 0.3) is 0 Å². The Balaban J connectivity index is -0.0000000267. The molecule has 8 heteroatoms. The van der Waals surface area contributed by atoms with Crippen LogP contribution < -0.4 is 68.9 Å². The molecule has 0 N–H and O–H groups in total. The van der Waals surface area contributed by atoms with Crippen molar-refractivity contribution in [2.45, 2.75) is 0 Å². The molecular formula is FNa2O3PV+5. The van der Waals surface area contributed by atoms with E-state index < -0.39 is 7.91 Å². The van der Waals surface area contributed by atoms with Gasteiger partial charge in [-0.2, -0.15) is 0 Å². The third kappa shape index (κ3) is 71.7. The average Bonchev–Trinajstić information content (AvgIpc) is 0.722. The van der Waals surface area contributed by atoms with E-state index in [1.807, 2.05) is 0 Å². The van der Waals surface area contributed by atoms with Crippen LogP contribution in [0.3, 0.4) is 0 Å². The van der Waals surface area contributed by atoms with E-state index in [4.69, 9.17) is 14.4 Å². The molecule has 0 aliphatic rings. The van der Waals surface area contributed by atoms with Crippen molar-refractivity contribution in [3.8, 4) is 0 Å². The molecule has 0 aromatic carbocycles. The van der Waals surface area contributed by atoms with E-state index in [0.29, 0.717) is 0 Å². The van der Waals surface area contributed by atoms with Gasteiger partial charge in [0, 0.05) is 0 Å². The summed E-state index contributed by atoms with van der Waals surface area (Å²) < 4.78 is 18.6. The predicted octanol–water partition coefficient (Wildman–Crippen LogP) is -7.21. The van der Waals surface area contributed by atoms with Crippen LogP contribution in [0, 0.1) is 0 Å². The van der Waals surface area contributed by atoms with E-state index in [0.717, 1.165) is 0 Å². The fraction of sp³-hybridized carbons (Fsp3) is 0. The summed E-state index contributed by atoms with van der Waals surface area (Å²) in [6, 6.07) is 0. The molecule has 0 fully saturated rings. The standard InChI is InChI=1S/FH2O3P.2Na.V/c1-5(2,3)4;;;/h(H2,2,3,4);;;/q;2*+1;+5/p-2. The Bertz CT molecular complexity index is 63.4. The van der Waals surface area contributed by atoms with Gasteiger partial charge in [0.05, 0.1) is 0 Å². The second-order valence-electron chi connectivity index (χ2n) is 0.431. The summed E-state index contributed by atoms with van der Waals surface area (Å²) in [5, 5.41) is 0. The molecule has 0 amide bonds. The quantitative estimate of drug-likeness (QED) is 0.285. The molecule has 0 aromatic heterocycles. The molecule has 8 heavy (non-hydrogen) atoms. The summed E-state index contributed by atoms with van der Waals surface area (Å²) in [6.45, 7) is 0. The molecule has 0 unspecified atom stereocenters. The van der Waals surface area contributed by atoms with Crippen LogP contribution in [0.2, 0.25) is 0 Å². The minimum atomic E-state index is -5.64. The molecule has 0 aliphatic carbocycles. The van der Waals surface area contributed by atoms with E-state index in [9.17, 15) is 4.20 Å². The van der Waals surface area contributed by atoms with Gasteiger partial charge < -0.3 is 14.4 Å². The van der Waals surface area contributed by atoms with Crippen molar-refractivity contribution in [1.82, 2.24) is 0 Å². The monoisotopic (exact) mass is 195 g/mol. The van der Waals surface area contributed by atoms with Gasteiger partial charge in [0.2, 0.25) is 0 Å². The van der Waals surface area contributed by atoms with Crippen molar-refractivity contribution in [3.63, 3.8) is 0 Å². The smallest absolute Gasteiger partial charge is 0.786 e. The fourth-order valence-electron chi connectivity index (χ4n) is 0. The molecule has 0 bridgehead atoms. The zero-order chi connectivity index (χ0) is 4.50. The molecule has 0 spiro atoms. The van der Waals surface area contributed by atoms with Crippen LogP contribution in [0.25, 0.3) is 0 Å². The topological polar surface area (TPSA) is 63.2 Å². The minimum Gasteiger partial charge on any atom is -0.786 e. The first-order valence-electron chi connectivity index (χ1n) is 0.717. The maximum Gasteiger partial charge on any atom is 5.00 e. The SMILES string of the molecule is O=P([O-])([O-])F.[Na+].[Na+].[V+5]. The second kappa shape index (κ2) is 9.66. The summed E-state index contributed by atoms with van der Waals surface area (Å²) in [7, 11) is -5.64. The minimum absolute atomic E-state index is 0. The Morgan fingerprint density at radius 2 is 1.25 bits per heavy atom. The van der Waals surface area contributed by atoms with E-state index in [1.165, 1.54) is 0 Å². The molecule has 0 saturated heterocycles. The Morgan fingerprint density at radius 1 is 1.25 bits per heavy atom. The first kappa shape index (κ1) is 22.4. The number of hydrogen-bond donors (Lipinski definition) is 0. The fourth-order valence-corrected chi connectivity index (χ4v) is 0. The van der Waals surface area contributed by atoms with Crippen molar-refractivity contribution >= 4 is 7.91 Å². The normalized spacial score (nSPS) is 7.38. The third-order valence-corrected chi connectivity index (χ3v) is 0. The van der Waals surface area contributed by atoms with Gasteiger partial charge in [0.1, 0.15) is 7.91 Å². The maximum absolute atomic E-state index is 10.1. The van der Waals surface area contributed by atoms with Crippen LogP contribution in [-0.4, -0.2) is 0 Å². The van der Waals surface area contributed by atoms with Crippen LogP contribution in [0.15, 0.2) is 0 Å². The number of hydrogen-bond acceptors (Lipinski definition) is 3. The molecule has 0 radical (unpaired) electrons. The largest absolute Gasteiger partial charge is 5.00 e. The summed E-state index contributed by atoms with van der Waals surface area (Å²) in [5.74, 6) is 0. The molecule has 0 heterocycles. The van der Waals surface area contributed by atoms with Crippen molar-refractivity contribution in [1.29, 1.82) is 0 Å². The number of rotatable bonds is 0. The molecular weight excluding hydrogens is 195 g/mol. The van der Waals surface area contributed by atoms with Crippen LogP contribution in [0.1, 0.15) is 0 Å². The molecule has 0 rings (SSSR count). The summed E-state index contributed by atoms with van der Waals surface area (Å²) in [4.78, 5) is 16.9. The molecule has 0 aromatic rings. The first-order chi connectivity index (χ1) is 2.00. The van der Waals surface area contributed by atoms with Gasteiger partial charge >= 0.3 is 77.7 Å². The van der Waals surface area contributed by atoms with Gasteiger partial charge in [-0.15, -0.1) is 0 Å². The van der Waals surface area contributed by atoms with Crippen LogP contribution in [-0.2, 0) is 23.1 Å². The zero-order valence-corrected chi connectivity index (χ0v) is 10.8. The van der Waals surface area contributed by atoms with Crippen molar-refractivity contribution in [2.75, 3.05) is 0 Å². The van der Waals surface area contributed by atoms with Gasteiger partial charge in [0.15, 0.2) is 0 Å². The maximum atomic E-state index is 10.1. The first-order valence-corrected chi connectivity index (χ1v) is 2.15. The third-order valence-electron chi connectivity index (χ3n) is 0. The second-order valence-corrected chi connectivity index (χ2v) is 1.29. The molecule has 0 atom stereocenters. The Morgan fingerprint density at radius 3 is 1.25 bits per heavy atom. The Hall–Kier alpha value is 2.66. The Labute approximate surface area is 103 Å². The predicted molar refractivity (Wildman–Crippen MR) is 8.71 cm³/mol. The van der Waals surface area contributed by atoms with E-state index in [-0.39, 0.29) is 77.7 Å². The molecule has 0 aliphatic heterocycles. The van der Waals surface area contributed by atoms with Crippen LogP contribution in [0.4, 0.5) is 4.20 Å². The summed E-state index contributed by atoms with van der Waals surface area (Å²) >= 11 is 0. The summed E-state index contributed by atoms with van der Waals surface area (Å²) in [6.07, 6.45) is 0. The summed E-state index contributed by atoms with van der Waals surface area (Å²) in [5.41, 5.74) is 0. The van der Waals surface area contributed by atoms with Gasteiger partial charge in [-0.05, 0) is 0 Å². The van der Waals surface area contributed by atoms with Crippen LogP contribution in [0.5, 0.6) is 0 Å². The van der Waals surface area contributed by atoms with Crippen LogP contribution >= 0.6 is 7.91 Å². The van der Waals surface area contributed by atoms with Crippen molar-refractivity contribution < 1.29 is 96.2 Å². The Kier molecular flexibility index (Phi) is 27.1. The molecule has 3 nitrogen and oxygen atoms in total. The van der Waals surface area contributed by atoms with E-state index in [2.05, 4.69) is 0 Å². The average molecular weight is 195 g/mol. The number of halogens is 1. The molecule has 32 valence electrons. The van der Waals surface area contributed by atoms with Gasteiger partial charge in [-0.1, -0.05) is 0 Å².